The molecule has 1 N–H and O–H groups in total. The van der Waals surface area contributed by atoms with E-state index in [-0.39, 0.29) is 5.91 Å². The molecular formula is C16H26N4O. The minimum atomic E-state index is -0.0322. The monoisotopic (exact) mass is 290 g/mol. The van der Waals surface area contributed by atoms with Gasteiger partial charge in [-0.05, 0) is 38.0 Å². The van der Waals surface area contributed by atoms with Gasteiger partial charge >= 0.3 is 0 Å². The first-order valence-electron chi connectivity index (χ1n) is 7.76. The standard InChI is InChI=1S/C16H26N4O/c1-5-17-14-11-18-13(10-19-14)15(21)20(4)12-6-8-16(2,3)9-7-12/h10-12H,5-9H2,1-4H3,(H,17,19). The van der Waals surface area contributed by atoms with Gasteiger partial charge in [-0.1, -0.05) is 13.8 Å². The lowest BCUT2D eigenvalue weighted by molar-refractivity contribution is 0.0629. The molecule has 0 bridgehead atoms. The van der Waals surface area contributed by atoms with E-state index in [0.717, 1.165) is 19.4 Å². The molecular weight excluding hydrogens is 264 g/mol. The Bertz CT molecular complexity index is 474. The lowest BCUT2D eigenvalue weighted by Crippen LogP contribution is -2.41. The van der Waals surface area contributed by atoms with Gasteiger partial charge in [0.15, 0.2) is 0 Å². The van der Waals surface area contributed by atoms with Crippen molar-refractivity contribution in [3.8, 4) is 0 Å². The second-order valence-corrected chi connectivity index (χ2v) is 6.63. The molecule has 0 radical (unpaired) electrons. The molecule has 1 aromatic rings. The van der Waals surface area contributed by atoms with E-state index >= 15 is 0 Å². The van der Waals surface area contributed by atoms with Crippen molar-refractivity contribution in [1.29, 1.82) is 0 Å². The minimum absolute atomic E-state index is 0.0322. The third-order valence-electron chi connectivity index (χ3n) is 4.41. The largest absolute Gasteiger partial charge is 0.369 e. The predicted octanol–water partition coefficient (Wildman–Crippen LogP) is 2.95. The second kappa shape index (κ2) is 6.41. The summed E-state index contributed by atoms with van der Waals surface area (Å²) in [5.41, 5.74) is 0.831. The molecule has 1 saturated carbocycles. The van der Waals surface area contributed by atoms with Gasteiger partial charge in [-0.2, -0.15) is 0 Å². The highest BCUT2D eigenvalue weighted by Gasteiger charge is 2.31. The summed E-state index contributed by atoms with van der Waals surface area (Å²) in [4.78, 5) is 22.8. The van der Waals surface area contributed by atoms with Crippen LogP contribution in [0.1, 0.15) is 56.9 Å². The molecule has 0 aromatic carbocycles. The van der Waals surface area contributed by atoms with Gasteiger partial charge in [-0.15, -0.1) is 0 Å². The third-order valence-corrected chi connectivity index (χ3v) is 4.41. The summed E-state index contributed by atoms with van der Waals surface area (Å²) in [6.45, 7) is 7.39. The predicted molar refractivity (Wildman–Crippen MR) is 84.3 cm³/mol. The third kappa shape index (κ3) is 3.93. The first kappa shape index (κ1) is 15.7. The summed E-state index contributed by atoms with van der Waals surface area (Å²) >= 11 is 0. The Balaban J connectivity index is 1.99. The molecule has 2 rings (SSSR count). The highest BCUT2D eigenvalue weighted by atomic mass is 16.2. The number of carbonyl (C=O) groups is 1. The Kier molecular flexibility index (Phi) is 4.80. The van der Waals surface area contributed by atoms with Gasteiger partial charge in [0.05, 0.1) is 12.4 Å². The summed E-state index contributed by atoms with van der Waals surface area (Å²) in [5, 5.41) is 3.08. The number of anilines is 1. The number of nitrogens with zero attached hydrogens (tertiary/aromatic N) is 3. The fourth-order valence-electron chi connectivity index (χ4n) is 2.83. The highest BCUT2D eigenvalue weighted by Crippen LogP contribution is 2.36. The summed E-state index contributed by atoms with van der Waals surface area (Å²) in [5.74, 6) is 0.673. The molecule has 0 atom stereocenters. The average molecular weight is 290 g/mol. The van der Waals surface area contributed by atoms with E-state index < -0.39 is 0 Å². The number of hydrogen-bond acceptors (Lipinski definition) is 4. The molecule has 1 amide bonds. The van der Waals surface area contributed by atoms with Crippen LogP contribution in [0.2, 0.25) is 0 Å². The van der Waals surface area contributed by atoms with Crippen molar-refractivity contribution in [3.63, 3.8) is 0 Å². The van der Waals surface area contributed by atoms with Gasteiger partial charge in [0.25, 0.3) is 5.91 Å². The number of nitrogens with one attached hydrogen (secondary N) is 1. The van der Waals surface area contributed by atoms with E-state index in [1.807, 2.05) is 18.9 Å². The molecule has 5 nitrogen and oxygen atoms in total. The van der Waals surface area contributed by atoms with Gasteiger partial charge in [0, 0.05) is 19.6 Å². The average Bonchev–Trinajstić information content (AvgIpc) is 2.47. The first-order valence-corrected chi connectivity index (χ1v) is 7.76. The molecule has 0 spiro atoms. The number of carbonyl (C=O) groups excluding carboxylic acids is 1. The van der Waals surface area contributed by atoms with Crippen LogP contribution in [0.15, 0.2) is 12.4 Å². The van der Waals surface area contributed by atoms with Gasteiger partial charge in [-0.3, -0.25) is 4.79 Å². The normalized spacial score (nSPS) is 18.3. The number of amides is 1. The molecule has 1 aliphatic rings. The van der Waals surface area contributed by atoms with Crippen LogP contribution < -0.4 is 5.32 Å². The van der Waals surface area contributed by atoms with Gasteiger partial charge < -0.3 is 10.2 Å². The van der Waals surface area contributed by atoms with Crippen LogP contribution in [-0.2, 0) is 0 Å². The Morgan fingerprint density at radius 2 is 2.00 bits per heavy atom. The van der Waals surface area contributed by atoms with E-state index in [9.17, 15) is 4.79 Å². The quantitative estimate of drug-likeness (QED) is 0.926. The lowest BCUT2D eigenvalue weighted by Gasteiger charge is -2.38. The molecule has 1 aliphatic carbocycles. The Labute approximate surface area is 127 Å². The molecule has 1 aromatic heterocycles. The summed E-state index contributed by atoms with van der Waals surface area (Å²) in [6.07, 6.45) is 7.65. The topological polar surface area (TPSA) is 58.1 Å². The zero-order chi connectivity index (χ0) is 15.5. The van der Waals surface area contributed by atoms with Crippen LogP contribution in [0.25, 0.3) is 0 Å². The Morgan fingerprint density at radius 1 is 1.33 bits per heavy atom. The van der Waals surface area contributed by atoms with Crippen molar-refractivity contribution in [3.05, 3.63) is 18.1 Å². The zero-order valence-electron chi connectivity index (χ0n) is 13.5. The maximum Gasteiger partial charge on any atom is 0.274 e. The molecule has 116 valence electrons. The SMILES string of the molecule is CCNc1cnc(C(=O)N(C)C2CCC(C)(C)CC2)cn1. The fraction of sp³-hybridized carbons (Fsp3) is 0.688. The van der Waals surface area contributed by atoms with Crippen molar-refractivity contribution in [2.45, 2.75) is 52.5 Å². The van der Waals surface area contributed by atoms with Gasteiger partial charge in [0.1, 0.15) is 11.5 Å². The van der Waals surface area contributed by atoms with Crippen LogP contribution in [0.3, 0.4) is 0 Å². The van der Waals surface area contributed by atoms with Crippen LogP contribution in [0, 0.1) is 5.41 Å². The summed E-state index contributed by atoms with van der Waals surface area (Å²) in [7, 11) is 1.88. The number of aromatic nitrogens is 2. The van der Waals surface area contributed by atoms with E-state index in [1.54, 1.807) is 12.4 Å². The van der Waals surface area contributed by atoms with Crippen molar-refractivity contribution in [2.75, 3.05) is 18.9 Å². The van der Waals surface area contributed by atoms with Crippen LogP contribution in [0.4, 0.5) is 5.82 Å². The molecule has 0 unspecified atom stereocenters. The maximum atomic E-state index is 12.5. The van der Waals surface area contributed by atoms with Crippen molar-refractivity contribution in [2.24, 2.45) is 5.41 Å². The van der Waals surface area contributed by atoms with Gasteiger partial charge in [-0.25, -0.2) is 9.97 Å². The van der Waals surface area contributed by atoms with E-state index in [0.29, 0.717) is 23.0 Å². The van der Waals surface area contributed by atoms with Crippen molar-refractivity contribution in [1.82, 2.24) is 14.9 Å². The Morgan fingerprint density at radius 3 is 2.52 bits per heavy atom. The van der Waals surface area contributed by atoms with E-state index in [1.165, 1.54) is 12.8 Å². The molecule has 1 heterocycles. The molecule has 5 heteroatoms. The van der Waals surface area contributed by atoms with E-state index in [4.69, 9.17) is 0 Å². The van der Waals surface area contributed by atoms with Crippen LogP contribution in [-0.4, -0.2) is 40.4 Å². The number of rotatable bonds is 4. The van der Waals surface area contributed by atoms with Crippen molar-refractivity contribution >= 4 is 11.7 Å². The molecule has 0 aliphatic heterocycles. The second-order valence-electron chi connectivity index (χ2n) is 6.63. The molecule has 1 fully saturated rings. The smallest absolute Gasteiger partial charge is 0.274 e. The van der Waals surface area contributed by atoms with Gasteiger partial charge in [0.2, 0.25) is 0 Å². The van der Waals surface area contributed by atoms with E-state index in [2.05, 4.69) is 29.1 Å². The van der Waals surface area contributed by atoms with Crippen LogP contribution in [0.5, 0.6) is 0 Å². The van der Waals surface area contributed by atoms with Crippen molar-refractivity contribution < 1.29 is 4.79 Å². The highest BCUT2D eigenvalue weighted by molar-refractivity contribution is 5.92. The number of hydrogen-bond donors (Lipinski definition) is 1. The first-order chi connectivity index (χ1) is 9.93. The molecule has 21 heavy (non-hydrogen) atoms. The summed E-state index contributed by atoms with van der Waals surface area (Å²) in [6, 6.07) is 0.320. The Hall–Kier alpha value is -1.65. The van der Waals surface area contributed by atoms with Crippen LogP contribution >= 0.6 is 0 Å². The fourth-order valence-corrected chi connectivity index (χ4v) is 2.83. The minimum Gasteiger partial charge on any atom is -0.369 e. The zero-order valence-corrected chi connectivity index (χ0v) is 13.5. The summed E-state index contributed by atoms with van der Waals surface area (Å²) < 4.78 is 0. The maximum absolute atomic E-state index is 12.5. The lowest BCUT2D eigenvalue weighted by atomic mass is 9.75. The molecule has 0 saturated heterocycles.